The third-order valence-corrected chi connectivity index (χ3v) is 1.89. The van der Waals surface area contributed by atoms with E-state index in [9.17, 15) is 0 Å². The Kier molecular flexibility index (Phi) is 4.71. The van der Waals surface area contributed by atoms with Crippen molar-refractivity contribution < 1.29 is 5.11 Å². The summed E-state index contributed by atoms with van der Waals surface area (Å²) in [6.45, 7) is 0.361. The molecule has 0 fully saturated rings. The normalized spacial score (nSPS) is 9.25. The molecule has 0 radical (unpaired) electrons. The van der Waals surface area contributed by atoms with E-state index in [1.807, 2.05) is 0 Å². The van der Waals surface area contributed by atoms with Crippen LogP contribution in [0.15, 0.2) is 12.1 Å². The first-order valence-corrected chi connectivity index (χ1v) is 3.77. The molecule has 0 saturated carbocycles. The Morgan fingerprint density at radius 2 is 1.67 bits per heavy atom. The molecule has 3 N–H and O–H groups in total. The zero-order valence-corrected chi connectivity index (χ0v) is 8.38. The predicted molar refractivity (Wildman–Crippen MR) is 53.3 cm³/mol. The van der Waals surface area contributed by atoms with E-state index in [0.29, 0.717) is 6.54 Å². The Labute approximate surface area is 86.7 Å². The van der Waals surface area contributed by atoms with Crippen molar-refractivity contribution in [3.8, 4) is 5.75 Å². The summed E-state index contributed by atoms with van der Waals surface area (Å²) >= 11 is 11.2. The van der Waals surface area contributed by atoms with E-state index in [1.54, 1.807) is 12.1 Å². The SMILES string of the molecule is Cl.NCc1cc(Cl)c(O)c(Cl)c1. The van der Waals surface area contributed by atoms with Crippen molar-refractivity contribution in [3.05, 3.63) is 27.7 Å². The Morgan fingerprint density at radius 1 is 1.25 bits per heavy atom. The third kappa shape index (κ3) is 2.42. The molecule has 0 heterocycles. The lowest BCUT2D eigenvalue weighted by Crippen LogP contribution is -1.95. The number of benzene rings is 1. The van der Waals surface area contributed by atoms with Crippen molar-refractivity contribution in [2.24, 2.45) is 5.73 Å². The number of phenols is 1. The molecule has 0 amide bonds. The van der Waals surface area contributed by atoms with Crippen LogP contribution in [0.25, 0.3) is 0 Å². The van der Waals surface area contributed by atoms with Gasteiger partial charge in [0.05, 0.1) is 10.0 Å². The van der Waals surface area contributed by atoms with Gasteiger partial charge in [0.25, 0.3) is 0 Å². The fraction of sp³-hybridized carbons (Fsp3) is 0.143. The summed E-state index contributed by atoms with van der Waals surface area (Å²) in [5.41, 5.74) is 6.14. The lowest BCUT2D eigenvalue weighted by molar-refractivity contribution is 0.475. The van der Waals surface area contributed by atoms with Crippen molar-refractivity contribution in [1.82, 2.24) is 0 Å². The molecule has 1 rings (SSSR count). The second-order valence-corrected chi connectivity index (χ2v) is 2.93. The van der Waals surface area contributed by atoms with Crippen LogP contribution in [0, 0.1) is 0 Å². The second kappa shape index (κ2) is 4.77. The van der Waals surface area contributed by atoms with Gasteiger partial charge in [-0.2, -0.15) is 0 Å². The Morgan fingerprint density at radius 3 is 2.00 bits per heavy atom. The van der Waals surface area contributed by atoms with E-state index >= 15 is 0 Å². The number of hydrogen-bond donors (Lipinski definition) is 2. The number of nitrogens with two attached hydrogens (primary N) is 1. The molecule has 0 aliphatic rings. The predicted octanol–water partition coefficient (Wildman–Crippen LogP) is 2.58. The quantitative estimate of drug-likeness (QED) is 0.776. The van der Waals surface area contributed by atoms with Gasteiger partial charge in [-0.15, -0.1) is 12.4 Å². The molecular formula is C7H8Cl3NO. The first-order chi connectivity index (χ1) is 5.15. The topological polar surface area (TPSA) is 46.2 Å². The second-order valence-electron chi connectivity index (χ2n) is 2.11. The van der Waals surface area contributed by atoms with Crippen molar-refractivity contribution in [2.75, 3.05) is 0 Å². The van der Waals surface area contributed by atoms with Crippen molar-refractivity contribution in [3.63, 3.8) is 0 Å². The maximum Gasteiger partial charge on any atom is 0.152 e. The standard InChI is InChI=1S/C7H7Cl2NO.ClH/c8-5-1-4(3-10)2-6(9)7(5)11;/h1-2,11H,3,10H2;1H. The minimum absolute atomic E-state index is 0. The molecule has 1 aromatic carbocycles. The van der Waals surface area contributed by atoms with E-state index in [0.717, 1.165) is 5.56 Å². The van der Waals surface area contributed by atoms with Crippen LogP contribution < -0.4 is 5.73 Å². The average Bonchev–Trinajstić information content (AvgIpc) is 1.99. The van der Waals surface area contributed by atoms with Crippen LogP contribution in [-0.2, 0) is 6.54 Å². The van der Waals surface area contributed by atoms with Crippen LogP contribution in [0.1, 0.15) is 5.56 Å². The van der Waals surface area contributed by atoms with Crippen molar-refractivity contribution in [1.29, 1.82) is 0 Å². The van der Waals surface area contributed by atoms with E-state index < -0.39 is 0 Å². The molecule has 0 bridgehead atoms. The third-order valence-electron chi connectivity index (χ3n) is 1.31. The van der Waals surface area contributed by atoms with Gasteiger partial charge in [-0.3, -0.25) is 0 Å². The van der Waals surface area contributed by atoms with E-state index in [1.165, 1.54) is 0 Å². The molecule has 0 aliphatic heterocycles. The largest absolute Gasteiger partial charge is 0.505 e. The van der Waals surface area contributed by atoms with Crippen LogP contribution in [0.3, 0.4) is 0 Å². The molecule has 1 aromatic rings. The van der Waals surface area contributed by atoms with Gasteiger partial charge >= 0.3 is 0 Å². The maximum atomic E-state index is 9.12. The first kappa shape index (κ1) is 11.8. The van der Waals surface area contributed by atoms with E-state index in [4.69, 9.17) is 34.0 Å². The minimum atomic E-state index is -0.0921. The number of aromatic hydroxyl groups is 1. The Hall–Kier alpha value is -0.150. The summed E-state index contributed by atoms with van der Waals surface area (Å²) in [5, 5.41) is 9.59. The molecule has 68 valence electrons. The molecule has 5 heteroatoms. The minimum Gasteiger partial charge on any atom is -0.505 e. The van der Waals surface area contributed by atoms with Crippen LogP contribution in [-0.4, -0.2) is 5.11 Å². The van der Waals surface area contributed by atoms with Crippen LogP contribution >= 0.6 is 35.6 Å². The number of halogens is 3. The Balaban J connectivity index is 0.00000121. The summed E-state index contributed by atoms with van der Waals surface area (Å²) in [5.74, 6) is -0.0921. The summed E-state index contributed by atoms with van der Waals surface area (Å²) in [7, 11) is 0. The van der Waals surface area contributed by atoms with E-state index in [2.05, 4.69) is 0 Å². The van der Waals surface area contributed by atoms with Gasteiger partial charge in [-0.1, -0.05) is 23.2 Å². The van der Waals surface area contributed by atoms with Crippen LogP contribution in [0.4, 0.5) is 0 Å². The molecule has 0 spiro atoms. The highest BCUT2D eigenvalue weighted by Gasteiger charge is 2.04. The molecule has 0 aliphatic carbocycles. The van der Waals surface area contributed by atoms with Crippen molar-refractivity contribution >= 4 is 35.6 Å². The van der Waals surface area contributed by atoms with Gasteiger partial charge in [0.1, 0.15) is 0 Å². The maximum absolute atomic E-state index is 9.12. The van der Waals surface area contributed by atoms with Crippen LogP contribution in [0.2, 0.25) is 10.0 Å². The number of phenolic OH excluding ortho intramolecular Hbond substituents is 1. The molecule has 12 heavy (non-hydrogen) atoms. The monoisotopic (exact) mass is 227 g/mol. The van der Waals surface area contributed by atoms with Crippen LogP contribution in [0.5, 0.6) is 5.75 Å². The summed E-state index contributed by atoms with van der Waals surface area (Å²) in [4.78, 5) is 0. The molecule has 0 aromatic heterocycles. The van der Waals surface area contributed by atoms with Gasteiger partial charge in [-0.05, 0) is 17.7 Å². The van der Waals surface area contributed by atoms with Gasteiger partial charge in [-0.25, -0.2) is 0 Å². The van der Waals surface area contributed by atoms with Gasteiger partial charge in [0.2, 0.25) is 0 Å². The molecular weight excluding hydrogens is 220 g/mol. The smallest absolute Gasteiger partial charge is 0.152 e. The average molecular weight is 229 g/mol. The zero-order chi connectivity index (χ0) is 8.43. The zero-order valence-electron chi connectivity index (χ0n) is 6.05. The summed E-state index contributed by atoms with van der Waals surface area (Å²) in [6, 6.07) is 3.17. The highest BCUT2D eigenvalue weighted by molar-refractivity contribution is 6.37. The highest BCUT2D eigenvalue weighted by atomic mass is 35.5. The lowest BCUT2D eigenvalue weighted by atomic mass is 10.2. The number of rotatable bonds is 1. The van der Waals surface area contributed by atoms with Gasteiger partial charge in [0, 0.05) is 6.54 Å². The molecule has 0 atom stereocenters. The van der Waals surface area contributed by atoms with Gasteiger partial charge in [0.15, 0.2) is 5.75 Å². The fourth-order valence-electron chi connectivity index (χ4n) is 0.736. The fourth-order valence-corrected chi connectivity index (χ4v) is 1.27. The molecule has 0 unspecified atom stereocenters. The van der Waals surface area contributed by atoms with Crippen molar-refractivity contribution in [2.45, 2.75) is 6.54 Å². The summed E-state index contributed by atoms with van der Waals surface area (Å²) in [6.07, 6.45) is 0. The highest BCUT2D eigenvalue weighted by Crippen LogP contribution is 2.32. The summed E-state index contributed by atoms with van der Waals surface area (Å²) < 4.78 is 0. The number of hydrogen-bond acceptors (Lipinski definition) is 2. The lowest BCUT2D eigenvalue weighted by Gasteiger charge is -2.02. The Bertz CT molecular complexity index is 254. The van der Waals surface area contributed by atoms with Gasteiger partial charge < -0.3 is 10.8 Å². The van der Waals surface area contributed by atoms with E-state index in [-0.39, 0.29) is 28.2 Å². The molecule has 2 nitrogen and oxygen atoms in total. The first-order valence-electron chi connectivity index (χ1n) is 3.02. The molecule has 0 saturated heterocycles.